The number of rotatable bonds is 6. The van der Waals surface area contributed by atoms with E-state index in [0.29, 0.717) is 24.3 Å². The molecule has 150 valence electrons. The summed E-state index contributed by atoms with van der Waals surface area (Å²) < 4.78 is 1.70. The SMILES string of the molecule is O=C(CCCn1cnnn1)N1CCC2(CCCN(CC3CCCCC3)C2)C1. The van der Waals surface area contributed by atoms with E-state index in [1.807, 2.05) is 0 Å². The average Bonchev–Trinajstić information content (AvgIpc) is 3.33. The molecular weight excluding hydrogens is 340 g/mol. The van der Waals surface area contributed by atoms with Crippen molar-refractivity contribution in [1.29, 1.82) is 0 Å². The summed E-state index contributed by atoms with van der Waals surface area (Å²) >= 11 is 0. The van der Waals surface area contributed by atoms with Gasteiger partial charge in [-0.3, -0.25) is 4.79 Å². The molecule has 0 aromatic carbocycles. The molecule has 1 aromatic rings. The van der Waals surface area contributed by atoms with Gasteiger partial charge < -0.3 is 9.80 Å². The highest BCUT2D eigenvalue weighted by Crippen LogP contribution is 2.40. The van der Waals surface area contributed by atoms with E-state index in [-0.39, 0.29) is 0 Å². The molecule has 27 heavy (non-hydrogen) atoms. The summed E-state index contributed by atoms with van der Waals surface area (Å²) in [4.78, 5) is 17.5. The van der Waals surface area contributed by atoms with E-state index >= 15 is 0 Å². The molecule has 4 rings (SSSR count). The highest BCUT2D eigenvalue weighted by atomic mass is 16.2. The van der Waals surface area contributed by atoms with Crippen molar-refractivity contribution in [3.8, 4) is 0 Å². The van der Waals surface area contributed by atoms with Crippen LogP contribution < -0.4 is 0 Å². The quantitative estimate of drug-likeness (QED) is 0.765. The third kappa shape index (κ3) is 4.86. The fourth-order valence-corrected chi connectivity index (χ4v) is 5.52. The van der Waals surface area contributed by atoms with Gasteiger partial charge in [-0.15, -0.1) is 5.10 Å². The second-order valence-electron chi connectivity index (χ2n) is 9.08. The summed E-state index contributed by atoms with van der Waals surface area (Å²) in [7, 11) is 0. The van der Waals surface area contributed by atoms with Crippen LogP contribution >= 0.6 is 0 Å². The number of piperidine rings is 1. The summed E-state index contributed by atoms with van der Waals surface area (Å²) in [5, 5.41) is 11.1. The number of likely N-dealkylation sites (tertiary alicyclic amines) is 2. The number of aryl methyl sites for hydroxylation is 1. The fourth-order valence-electron chi connectivity index (χ4n) is 5.52. The van der Waals surface area contributed by atoms with Crippen LogP contribution in [0.3, 0.4) is 0 Å². The van der Waals surface area contributed by atoms with Gasteiger partial charge in [0.2, 0.25) is 5.91 Å². The predicted octanol–water partition coefficient (Wildman–Crippen LogP) is 2.35. The van der Waals surface area contributed by atoms with Crippen molar-refractivity contribution in [2.45, 2.75) is 70.8 Å². The number of carbonyl (C=O) groups is 1. The molecule has 2 aliphatic heterocycles. The standard InChI is InChI=1S/C20H34N6O/c27-19(8-4-12-26-17-21-22-23-26)25-13-10-20(16-25)9-5-11-24(15-20)14-18-6-2-1-3-7-18/h17-18H,1-16H2. The maximum atomic E-state index is 12.6. The molecule has 3 fully saturated rings. The molecule has 1 aromatic heterocycles. The normalized spacial score (nSPS) is 27.5. The van der Waals surface area contributed by atoms with Crippen LogP contribution in [-0.2, 0) is 11.3 Å². The molecule has 7 nitrogen and oxygen atoms in total. The molecule has 2 saturated heterocycles. The van der Waals surface area contributed by atoms with Crippen LogP contribution in [0.5, 0.6) is 0 Å². The first-order valence-electron chi connectivity index (χ1n) is 10.9. The minimum atomic E-state index is 0.310. The van der Waals surface area contributed by atoms with Gasteiger partial charge in [0.05, 0.1) is 0 Å². The van der Waals surface area contributed by atoms with E-state index in [9.17, 15) is 4.79 Å². The van der Waals surface area contributed by atoms with Gasteiger partial charge in [0.25, 0.3) is 0 Å². The summed E-state index contributed by atoms with van der Waals surface area (Å²) in [6.45, 7) is 6.39. The zero-order valence-corrected chi connectivity index (χ0v) is 16.6. The lowest BCUT2D eigenvalue weighted by atomic mass is 9.78. The first-order chi connectivity index (χ1) is 13.2. The molecule has 1 unspecified atom stereocenters. The van der Waals surface area contributed by atoms with Crippen molar-refractivity contribution in [3.63, 3.8) is 0 Å². The van der Waals surface area contributed by atoms with Crippen LogP contribution in [-0.4, -0.2) is 68.6 Å². The summed E-state index contributed by atoms with van der Waals surface area (Å²) in [6, 6.07) is 0. The molecule has 1 atom stereocenters. The number of aromatic nitrogens is 4. The smallest absolute Gasteiger partial charge is 0.222 e. The second-order valence-corrected chi connectivity index (χ2v) is 9.08. The zero-order valence-electron chi connectivity index (χ0n) is 16.6. The highest BCUT2D eigenvalue weighted by molar-refractivity contribution is 5.76. The maximum absolute atomic E-state index is 12.6. The average molecular weight is 375 g/mol. The first-order valence-corrected chi connectivity index (χ1v) is 10.9. The lowest BCUT2D eigenvalue weighted by Crippen LogP contribution is -2.47. The number of tetrazole rings is 1. The van der Waals surface area contributed by atoms with E-state index in [1.165, 1.54) is 71.0 Å². The van der Waals surface area contributed by atoms with Crippen molar-refractivity contribution < 1.29 is 4.79 Å². The largest absolute Gasteiger partial charge is 0.342 e. The highest BCUT2D eigenvalue weighted by Gasteiger charge is 2.42. The van der Waals surface area contributed by atoms with E-state index in [4.69, 9.17) is 0 Å². The van der Waals surface area contributed by atoms with Crippen LogP contribution in [0.2, 0.25) is 0 Å². The van der Waals surface area contributed by atoms with Gasteiger partial charge in [0.1, 0.15) is 6.33 Å². The monoisotopic (exact) mass is 374 g/mol. The first kappa shape index (κ1) is 18.8. The van der Waals surface area contributed by atoms with Crippen molar-refractivity contribution in [2.75, 3.05) is 32.7 Å². The lowest BCUT2D eigenvalue weighted by molar-refractivity contribution is -0.130. The maximum Gasteiger partial charge on any atom is 0.222 e. The van der Waals surface area contributed by atoms with Crippen molar-refractivity contribution in [3.05, 3.63) is 6.33 Å². The Labute approximate surface area is 162 Å². The van der Waals surface area contributed by atoms with Crippen molar-refractivity contribution in [2.24, 2.45) is 11.3 Å². The van der Waals surface area contributed by atoms with Gasteiger partial charge >= 0.3 is 0 Å². The Bertz CT molecular complexity index is 600. The van der Waals surface area contributed by atoms with Gasteiger partial charge in [-0.2, -0.15) is 0 Å². The Balaban J connectivity index is 1.23. The molecule has 0 N–H and O–H groups in total. The Kier molecular flexibility index (Phi) is 6.05. The molecule has 1 aliphatic carbocycles. The molecule has 1 spiro atoms. The third-order valence-electron chi connectivity index (χ3n) is 6.94. The van der Waals surface area contributed by atoms with E-state index < -0.39 is 0 Å². The fraction of sp³-hybridized carbons (Fsp3) is 0.900. The topological polar surface area (TPSA) is 67.2 Å². The number of nitrogens with zero attached hydrogens (tertiary/aromatic N) is 6. The molecule has 0 bridgehead atoms. The molecule has 3 aliphatic rings. The predicted molar refractivity (Wildman–Crippen MR) is 103 cm³/mol. The van der Waals surface area contributed by atoms with Gasteiger partial charge in [0, 0.05) is 44.6 Å². The second kappa shape index (κ2) is 8.67. The van der Waals surface area contributed by atoms with Gasteiger partial charge in [-0.1, -0.05) is 19.3 Å². The molecular formula is C20H34N6O. The van der Waals surface area contributed by atoms with Gasteiger partial charge in [-0.25, -0.2) is 4.68 Å². The third-order valence-corrected chi connectivity index (χ3v) is 6.94. The van der Waals surface area contributed by atoms with E-state index in [2.05, 4.69) is 25.3 Å². The van der Waals surface area contributed by atoms with E-state index in [0.717, 1.165) is 25.4 Å². The molecule has 7 heteroatoms. The van der Waals surface area contributed by atoms with Crippen LogP contribution in [0, 0.1) is 11.3 Å². The summed E-state index contributed by atoms with van der Waals surface area (Å²) in [5.41, 5.74) is 0.360. The van der Waals surface area contributed by atoms with Crippen molar-refractivity contribution in [1.82, 2.24) is 30.0 Å². The lowest BCUT2D eigenvalue weighted by Gasteiger charge is -2.42. The number of hydrogen-bond donors (Lipinski definition) is 0. The zero-order chi connectivity index (χ0) is 18.5. The van der Waals surface area contributed by atoms with Crippen molar-refractivity contribution >= 4 is 5.91 Å². The van der Waals surface area contributed by atoms with E-state index in [1.54, 1.807) is 11.0 Å². The number of carbonyl (C=O) groups excluding carboxylic acids is 1. The molecule has 1 saturated carbocycles. The van der Waals surface area contributed by atoms with Crippen LogP contribution in [0.25, 0.3) is 0 Å². The van der Waals surface area contributed by atoms with Gasteiger partial charge in [0.15, 0.2) is 0 Å². The molecule has 1 amide bonds. The summed E-state index contributed by atoms with van der Waals surface area (Å²) in [6.07, 6.45) is 13.9. The summed E-state index contributed by atoms with van der Waals surface area (Å²) in [5.74, 6) is 1.23. The molecule has 0 radical (unpaired) electrons. The Morgan fingerprint density at radius 3 is 2.78 bits per heavy atom. The Hall–Kier alpha value is -1.50. The Morgan fingerprint density at radius 1 is 1.07 bits per heavy atom. The minimum Gasteiger partial charge on any atom is -0.342 e. The molecule has 3 heterocycles. The van der Waals surface area contributed by atoms with Crippen LogP contribution in [0.4, 0.5) is 0 Å². The van der Waals surface area contributed by atoms with Gasteiger partial charge in [-0.05, 0) is 61.4 Å². The number of hydrogen-bond acceptors (Lipinski definition) is 5. The number of amides is 1. The Morgan fingerprint density at radius 2 is 1.96 bits per heavy atom. The minimum absolute atomic E-state index is 0.310. The van der Waals surface area contributed by atoms with Crippen LogP contribution in [0.1, 0.15) is 64.2 Å². The van der Waals surface area contributed by atoms with Crippen LogP contribution in [0.15, 0.2) is 6.33 Å².